The summed E-state index contributed by atoms with van der Waals surface area (Å²) in [4.78, 5) is 246. The molecule has 52 nitrogen and oxygen atoms in total. The van der Waals surface area contributed by atoms with Gasteiger partial charge in [-0.3, -0.25) is 98.3 Å². The van der Waals surface area contributed by atoms with Crippen LogP contribution in [-0.2, 0) is 94.3 Å². The van der Waals surface area contributed by atoms with E-state index < -0.39 is 264 Å². The first-order valence-electron chi connectivity index (χ1n) is 43.8. The van der Waals surface area contributed by atoms with Crippen molar-refractivity contribution in [2.45, 2.75) is 255 Å². The van der Waals surface area contributed by atoms with Crippen molar-refractivity contribution in [1.82, 2.24) is 111 Å². The first-order valence-corrected chi connectivity index (χ1v) is 45.1. The fraction of sp³-hybridized carbons (Fsp3) is 0.630. The number of H-pyrrole nitrogens is 1. The van der Waals surface area contributed by atoms with Gasteiger partial charge in [0.15, 0.2) is 23.8 Å². The zero-order valence-electron chi connectivity index (χ0n) is 77.3. The third kappa shape index (κ3) is 44.5. The summed E-state index contributed by atoms with van der Waals surface area (Å²) in [5, 5.41) is 119. The minimum atomic E-state index is -2.04. The monoisotopic (exact) mass is 1950 g/mol. The Bertz CT molecular complexity index is 4330. The Hall–Kier alpha value is -13.1. The quantitative estimate of drug-likeness (QED) is 0.0127. The Kier molecular flexibility index (Phi) is 53.2. The van der Waals surface area contributed by atoms with E-state index in [1.165, 1.54) is 64.5 Å². The van der Waals surface area contributed by atoms with E-state index in [-0.39, 0.29) is 131 Å². The summed E-state index contributed by atoms with van der Waals surface area (Å²) >= 11 is 8.48. The number of carboxylic acid groups (broad SMARTS) is 1. The molecule has 54 heteroatoms. The molecule has 1 aromatic carbocycles. The number of imidazole rings is 1. The summed E-state index contributed by atoms with van der Waals surface area (Å²) in [5.74, 6) is -23.1. The highest BCUT2D eigenvalue weighted by Crippen LogP contribution is 2.18. The van der Waals surface area contributed by atoms with Crippen molar-refractivity contribution < 1.29 is 102 Å². The van der Waals surface area contributed by atoms with Crippen molar-refractivity contribution >= 4 is 150 Å². The number of aromatic nitrogens is 2. The lowest BCUT2D eigenvalue weighted by Gasteiger charge is -2.31. The summed E-state index contributed by atoms with van der Waals surface area (Å²) in [7, 11) is 0. The van der Waals surface area contributed by atoms with Gasteiger partial charge in [-0.25, -0.2) is 9.78 Å². The number of hydrogen-bond acceptors (Lipinski definition) is 28. The lowest BCUT2D eigenvalue weighted by molar-refractivity contribution is -0.142. The molecule has 1 aromatic heterocycles. The number of nitrogens with zero attached hydrogens (tertiary/aromatic N) is 1. The van der Waals surface area contributed by atoms with Crippen LogP contribution in [0.1, 0.15) is 151 Å². The maximum atomic E-state index is 14.9. The van der Waals surface area contributed by atoms with E-state index in [9.17, 15) is 102 Å². The van der Waals surface area contributed by atoms with Gasteiger partial charge in [-0.2, -0.15) is 25.3 Å². The molecule has 0 fully saturated rings. The predicted molar refractivity (Wildman–Crippen MR) is 500 cm³/mol. The molecule has 2 rings (SSSR count). The van der Waals surface area contributed by atoms with Crippen LogP contribution in [0.15, 0.2) is 36.8 Å². The number of nitrogens with two attached hydrogens (primary N) is 6. The molecule has 0 aliphatic heterocycles. The van der Waals surface area contributed by atoms with Crippen LogP contribution in [-0.4, -0.2) is 302 Å². The number of phenols is 1. The number of aliphatic carboxylic acids is 1. The Morgan fingerprint density at radius 1 is 0.415 bits per heavy atom. The highest BCUT2D eigenvalue weighted by atomic mass is 32.1. The van der Waals surface area contributed by atoms with Crippen molar-refractivity contribution in [2.75, 3.05) is 44.3 Å². The molecule has 0 bridgehead atoms. The molecule has 0 spiro atoms. The number of carbonyl (C=O) groups is 17. The standard InChI is InChI=1S/C81H139N31O21S2/c1-11-40(8)60(111-76(131)61(42(10)114)112-70(125)54(31-57(83)116)106-68(123)52(29-43-20-22-45(115)23-21-43)105-69(124)53(30-44-32-92-36-97-44)103-62(117)41(9)98-71(126)55(34-134)108-74(129)58(38(4)5)109-63(118)46(82)33-113)75(130)101-49(18-14-26-95-80(88)89)66(121)110-59(39(6)7)73(128)100-48(17-13-25-94-79(86)87)65(120)104-51(28-37(2)3)67(122)107-56(35-135)72(127)99-47(16-12-24-93-78(84)85)64(119)102-50(77(132)133)19-15-27-96-81(90)91/h20-23,32,36-42,46-56,58-61,113-115,134-135H,11-19,24-31,33-35,82H2,1-10H3,(H2,83,116)(H,92,97)(H,98,126)(H,99,127)(H,100,128)(H,101,130)(H,102,119)(H,103,117)(H,104,120)(H,105,124)(H,106,123)(H,107,122)(H,108,129)(H,109,118)(H,110,121)(H,111,131)(H,112,125)(H,132,133)(H4,84,85,93)(H4,86,87,94)(H4,88,89,95)(H4,90,91,96)/t40-,41-,42+,46-,47-,48-,49-,50-,51-,52-,53-,54-,55-,56-,58-,59-,60-,61-/m0/s1. The van der Waals surface area contributed by atoms with E-state index in [4.69, 9.17) is 56.0 Å². The topological polar surface area (TPSA) is 880 Å². The maximum Gasteiger partial charge on any atom is 0.326 e. The summed E-state index contributed by atoms with van der Waals surface area (Å²) in [6.45, 7) is 14.5. The van der Waals surface area contributed by atoms with Gasteiger partial charge in [-0.05, 0) is 113 Å². The number of hydrogen-bond donors (Lipinski definition) is 36. The van der Waals surface area contributed by atoms with Crippen LogP contribution in [0.3, 0.4) is 0 Å². The van der Waals surface area contributed by atoms with E-state index in [2.05, 4.69) is 136 Å². The van der Waals surface area contributed by atoms with Gasteiger partial charge in [0.05, 0.1) is 31.2 Å². The molecule has 0 unspecified atom stereocenters. The number of aromatic amines is 1. The highest BCUT2D eigenvalue weighted by Gasteiger charge is 2.41. The third-order valence-corrected chi connectivity index (χ3v) is 21.4. The number of aliphatic hydroxyl groups excluding tert-OH is 2. The number of aliphatic hydroxyl groups is 2. The normalized spacial score (nSPS) is 15.1. The van der Waals surface area contributed by atoms with Crippen molar-refractivity contribution in [1.29, 1.82) is 21.6 Å². The average molecular weight is 1950 g/mol. The highest BCUT2D eigenvalue weighted by molar-refractivity contribution is 7.80. The van der Waals surface area contributed by atoms with Crippen molar-refractivity contribution in [3.8, 4) is 5.75 Å². The van der Waals surface area contributed by atoms with Crippen LogP contribution in [0.5, 0.6) is 5.75 Å². The van der Waals surface area contributed by atoms with Crippen LogP contribution >= 0.6 is 25.3 Å². The number of nitrogens with one attached hydrogen (secondary N) is 24. The van der Waals surface area contributed by atoms with Crippen LogP contribution in [0.25, 0.3) is 0 Å². The number of phenolic OH excluding ortho intramolecular Hbond substituents is 1. The van der Waals surface area contributed by atoms with E-state index in [0.29, 0.717) is 0 Å². The summed E-state index contributed by atoms with van der Waals surface area (Å²) in [6, 6.07) is -19.9. The maximum absolute atomic E-state index is 14.9. The van der Waals surface area contributed by atoms with Gasteiger partial charge >= 0.3 is 5.97 Å². The predicted octanol–water partition coefficient (Wildman–Crippen LogP) is -9.83. The average Bonchev–Trinajstić information content (AvgIpc) is 1.24. The van der Waals surface area contributed by atoms with Crippen molar-refractivity contribution in [3.05, 3.63) is 48.0 Å². The van der Waals surface area contributed by atoms with E-state index in [1.54, 1.807) is 34.6 Å². The molecule has 2 aromatic rings. The molecule has 0 saturated heterocycles. The van der Waals surface area contributed by atoms with E-state index in [1.807, 2.05) is 0 Å². The first-order chi connectivity index (χ1) is 63.4. The fourth-order valence-electron chi connectivity index (χ4n) is 12.9. The molecule has 756 valence electrons. The van der Waals surface area contributed by atoms with Crippen LogP contribution < -0.4 is 135 Å². The van der Waals surface area contributed by atoms with Crippen molar-refractivity contribution in [2.24, 2.45) is 58.1 Å². The van der Waals surface area contributed by atoms with Crippen molar-refractivity contribution in [3.63, 3.8) is 0 Å². The summed E-state index contributed by atoms with van der Waals surface area (Å²) < 4.78 is 0. The molecule has 40 N–H and O–H groups in total. The van der Waals surface area contributed by atoms with E-state index in [0.717, 1.165) is 6.92 Å². The van der Waals surface area contributed by atoms with Gasteiger partial charge in [0.2, 0.25) is 94.5 Å². The van der Waals surface area contributed by atoms with Gasteiger partial charge in [0.1, 0.15) is 102 Å². The second-order valence-electron chi connectivity index (χ2n) is 33.3. The molecular weight excluding hydrogens is 1810 g/mol. The zero-order valence-corrected chi connectivity index (χ0v) is 79.1. The first kappa shape index (κ1) is 118. The van der Waals surface area contributed by atoms with Gasteiger partial charge in [-0.15, -0.1) is 0 Å². The molecule has 18 atom stereocenters. The molecule has 0 radical (unpaired) electrons. The Morgan fingerprint density at radius 3 is 1.16 bits per heavy atom. The number of amides is 16. The summed E-state index contributed by atoms with van der Waals surface area (Å²) in [6.07, 6.45) is -1.47. The Morgan fingerprint density at radius 2 is 0.748 bits per heavy atom. The zero-order chi connectivity index (χ0) is 102. The second kappa shape index (κ2) is 60.9. The van der Waals surface area contributed by atoms with Crippen LogP contribution in [0.4, 0.5) is 0 Å². The Labute approximate surface area is 792 Å². The number of benzene rings is 1. The molecule has 135 heavy (non-hydrogen) atoms. The molecular formula is C81H139N31O21S2. The van der Waals surface area contributed by atoms with Crippen LogP contribution in [0, 0.1) is 45.3 Å². The number of primary amides is 1. The molecule has 1 heterocycles. The van der Waals surface area contributed by atoms with E-state index >= 15 is 0 Å². The molecule has 0 aliphatic carbocycles. The largest absolute Gasteiger partial charge is 0.508 e. The number of thiol groups is 2. The lowest BCUT2D eigenvalue weighted by atomic mass is 9.96. The lowest BCUT2D eigenvalue weighted by Crippen LogP contribution is -2.63. The smallest absolute Gasteiger partial charge is 0.326 e. The molecule has 0 aliphatic rings. The number of aromatic hydroxyl groups is 1. The minimum Gasteiger partial charge on any atom is -0.508 e. The molecule has 0 saturated carbocycles. The van der Waals surface area contributed by atoms with Crippen LogP contribution in [0.2, 0.25) is 0 Å². The number of carboxylic acids is 1. The number of guanidine groups is 4. The fourth-order valence-corrected chi connectivity index (χ4v) is 13.5. The third-order valence-electron chi connectivity index (χ3n) is 20.7. The van der Waals surface area contributed by atoms with Gasteiger partial charge < -0.3 is 161 Å². The second-order valence-corrected chi connectivity index (χ2v) is 34.0. The Balaban J connectivity index is 2.60. The number of rotatable bonds is 63. The van der Waals surface area contributed by atoms with Gasteiger partial charge in [0.25, 0.3) is 0 Å². The molecule has 16 amide bonds. The summed E-state index contributed by atoms with van der Waals surface area (Å²) in [5.41, 5.74) is 33.6. The van der Waals surface area contributed by atoms with Gasteiger partial charge in [0, 0.05) is 56.7 Å². The SMILES string of the molecule is CC[C@H](C)[C@H](NC(=O)[C@@H](NC(=O)[C@H](CC(N)=O)NC(=O)[C@H](Cc1ccc(O)cc1)NC(=O)[C@H](Cc1c[nH]cn1)NC(=O)[C@H](C)NC(=O)[C@H](CS)NC(=O)[C@@H](NC(=O)[C@@H](N)CO)C(C)C)[C@@H](C)O)C(=O)N[C@@H](CCCNC(=N)N)C(=O)N[C@H](C(=O)N[C@@H](CCCNC(=N)N)C(=O)N[C@@H](CC(C)C)C(=O)N[C@@H](CS)C(=O)N[C@@H](CCCNC(=N)N)C(=O)N[C@@H](CCCNC(=N)N)C(=O)O)C(C)C. The number of carbonyl (C=O) groups excluding carboxylic acids is 16. The van der Waals surface area contributed by atoms with Gasteiger partial charge in [-0.1, -0.05) is 73.9 Å². The minimum absolute atomic E-state index is 0.00842.